The number of halogens is 2. The number of rotatable bonds is 7. The van der Waals surface area contributed by atoms with Crippen LogP contribution in [-0.4, -0.2) is 26.4 Å². The molecule has 8 heteroatoms. The molecule has 3 rings (SSSR count). The number of carbonyl (C=O) groups excluding carboxylic acids is 1. The summed E-state index contributed by atoms with van der Waals surface area (Å²) in [5, 5.41) is 13.3. The van der Waals surface area contributed by atoms with Gasteiger partial charge in [0.15, 0.2) is 11.0 Å². The maximum Gasteiger partial charge on any atom is 0.234 e. The molecule has 0 aliphatic carbocycles. The van der Waals surface area contributed by atoms with E-state index in [1.807, 2.05) is 29.7 Å². The molecule has 0 aliphatic rings. The van der Waals surface area contributed by atoms with Crippen LogP contribution in [0.4, 0.5) is 5.69 Å². The molecule has 0 fully saturated rings. The van der Waals surface area contributed by atoms with Crippen LogP contribution >= 0.6 is 35.0 Å². The van der Waals surface area contributed by atoms with Crippen LogP contribution in [0.5, 0.6) is 0 Å². The van der Waals surface area contributed by atoms with Gasteiger partial charge in [-0.05, 0) is 55.0 Å². The van der Waals surface area contributed by atoms with Gasteiger partial charge in [0, 0.05) is 27.8 Å². The largest absolute Gasteiger partial charge is 0.325 e. The zero-order valence-electron chi connectivity index (χ0n) is 15.2. The van der Waals surface area contributed by atoms with Gasteiger partial charge in [0.05, 0.1) is 5.75 Å². The Bertz CT molecular complexity index is 1000. The van der Waals surface area contributed by atoms with Gasteiger partial charge in [0.1, 0.15) is 0 Å². The molecule has 3 aromatic rings. The van der Waals surface area contributed by atoms with Crippen LogP contribution in [0, 0.1) is 6.92 Å². The normalized spacial score (nSPS) is 10.7. The van der Waals surface area contributed by atoms with Crippen LogP contribution in [0.15, 0.2) is 60.3 Å². The lowest BCUT2D eigenvalue weighted by Gasteiger charge is -2.10. The first kappa shape index (κ1) is 20.5. The monoisotopic (exact) mass is 432 g/mol. The fourth-order valence-electron chi connectivity index (χ4n) is 2.59. The third-order valence-corrected chi connectivity index (χ3v) is 5.38. The van der Waals surface area contributed by atoms with Gasteiger partial charge in [0.2, 0.25) is 5.91 Å². The molecule has 0 atom stereocenters. The summed E-state index contributed by atoms with van der Waals surface area (Å²) >= 11 is 13.2. The van der Waals surface area contributed by atoms with E-state index in [9.17, 15) is 4.79 Å². The molecule has 1 N–H and O–H groups in total. The van der Waals surface area contributed by atoms with E-state index in [0.29, 0.717) is 27.6 Å². The molecule has 1 aromatic heterocycles. The quantitative estimate of drug-likeness (QED) is 0.396. The topological polar surface area (TPSA) is 59.8 Å². The lowest BCUT2D eigenvalue weighted by Crippen LogP contribution is -2.15. The first-order valence-corrected chi connectivity index (χ1v) is 10.2. The van der Waals surface area contributed by atoms with Gasteiger partial charge in [-0.15, -0.1) is 16.8 Å². The van der Waals surface area contributed by atoms with Crippen molar-refractivity contribution in [2.24, 2.45) is 0 Å². The molecular formula is C20H18Cl2N4OS. The molecule has 0 spiro atoms. The van der Waals surface area contributed by atoms with Crippen LogP contribution in [-0.2, 0) is 11.3 Å². The second-order valence-electron chi connectivity index (χ2n) is 6.01. The Morgan fingerprint density at radius 2 is 1.89 bits per heavy atom. The Labute approximate surface area is 177 Å². The zero-order valence-corrected chi connectivity index (χ0v) is 17.5. The third kappa shape index (κ3) is 4.95. The fourth-order valence-corrected chi connectivity index (χ4v) is 3.69. The molecule has 0 saturated heterocycles. The summed E-state index contributed by atoms with van der Waals surface area (Å²) in [6.45, 7) is 6.23. The number of benzene rings is 2. The number of nitrogens with zero attached hydrogens (tertiary/aromatic N) is 3. The van der Waals surface area contributed by atoms with Crippen molar-refractivity contribution >= 4 is 46.6 Å². The highest BCUT2D eigenvalue weighted by Crippen LogP contribution is 2.26. The predicted molar refractivity (Wildman–Crippen MR) is 116 cm³/mol. The fraction of sp³-hybridized carbons (Fsp3) is 0.150. The van der Waals surface area contributed by atoms with Crippen LogP contribution < -0.4 is 5.32 Å². The van der Waals surface area contributed by atoms with E-state index in [-0.39, 0.29) is 11.7 Å². The summed E-state index contributed by atoms with van der Waals surface area (Å²) < 4.78 is 1.92. The van der Waals surface area contributed by atoms with Crippen molar-refractivity contribution in [1.82, 2.24) is 14.8 Å². The second kappa shape index (κ2) is 9.28. The molecule has 0 saturated carbocycles. The van der Waals surface area contributed by atoms with Crippen molar-refractivity contribution in [2.45, 2.75) is 18.6 Å². The summed E-state index contributed by atoms with van der Waals surface area (Å²) in [5.41, 5.74) is 2.54. The molecular weight excluding hydrogens is 415 g/mol. The molecule has 28 heavy (non-hydrogen) atoms. The number of anilines is 1. The summed E-state index contributed by atoms with van der Waals surface area (Å²) in [6, 6.07) is 12.7. The number of allylic oxidation sites excluding steroid dienone is 1. The molecule has 5 nitrogen and oxygen atoms in total. The number of thioether (sulfide) groups is 1. The van der Waals surface area contributed by atoms with Crippen molar-refractivity contribution in [3.63, 3.8) is 0 Å². The number of aryl methyl sites for hydroxylation is 1. The molecule has 0 unspecified atom stereocenters. The molecule has 0 radical (unpaired) electrons. The van der Waals surface area contributed by atoms with Gasteiger partial charge in [-0.3, -0.25) is 9.36 Å². The first-order valence-electron chi connectivity index (χ1n) is 8.46. The summed E-state index contributed by atoms with van der Waals surface area (Å²) in [4.78, 5) is 12.3. The Hall–Kier alpha value is -2.28. The van der Waals surface area contributed by atoms with Crippen molar-refractivity contribution in [3.8, 4) is 11.4 Å². The molecule has 0 aliphatic heterocycles. The van der Waals surface area contributed by atoms with Crippen LogP contribution in [0.3, 0.4) is 0 Å². The maximum atomic E-state index is 12.3. The number of amides is 1. The SMILES string of the molecule is C=CCn1c(SCC(=O)Nc2ccc(Cl)cc2C)nnc1-c1ccc(Cl)cc1. The maximum absolute atomic E-state index is 12.3. The van der Waals surface area contributed by atoms with E-state index in [1.54, 1.807) is 30.3 Å². The standard InChI is InChI=1S/C20H18Cl2N4OS/c1-3-10-26-19(14-4-6-15(21)7-5-14)24-25-20(26)28-12-18(27)23-17-9-8-16(22)11-13(17)2/h3-9,11H,1,10,12H2,2H3,(H,23,27). The molecule has 1 amide bonds. The minimum Gasteiger partial charge on any atom is -0.325 e. The lowest BCUT2D eigenvalue weighted by molar-refractivity contribution is -0.113. The Morgan fingerprint density at radius 1 is 1.18 bits per heavy atom. The van der Waals surface area contributed by atoms with Crippen molar-refractivity contribution in [2.75, 3.05) is 11.1 Å². The van der Waals surface area contributed by atoms with Crippen LogP contribution in [0.25, 0.3) is 11.4 Å². The predicted octanol–water partition coefficient (Wildman–Crippen LogP) is 5.48. The van der Waals surface area contributed by atoms with Crippen LogP contribution in [0.1, 0.15) is 5.56 Å². The first-order chi connectivity index (χ1) is 13.5. The van der Waals surface area contributed by atoms with Crippen molar-refractivity contribution in [3.05, 3.63) is 70.7 Å². The van der Waals surface area contributed by atoms with E-state index in [0.717, 1.165) is 16.8 Å². The minimum atomic E-state index is -0.128. The van der Waals surface area contributed by atoms with Crippen LogP contribution in [0.2, 0.25) is 10.0 Å². The van der Waals surface area contributed by atoms with E-state index in [2.05, 4.69) is 22.1 Å². The zero-order chi connectivity index (χ0) is 20.1. The molecule has 2 aromatic carbocycles. The molecule has 144 valence electrons. The third-order valence-electron chi connectivity index (χ3n) is 3.93. The van der Waals surface area contributed by atoms with Gasteiger partial charge in [-0.2, -0.15) is 0 Å². The number of hydrogen-bond acceptors (Lipinski definition) is 4. The molecule has 0 bridgehead atoms. The van der Waals surface area contributed by atoms with E-state index in [4.69, 9.17) is 23.2 Å². The van der Waals surface area contributed by atoms with E-state index >= 15 is 0 Å². The van der Waals surface area contributed by atoms with Gasteiger partial charge < -0.3 is 5.32 Å². The summed E-state index contributed by atoms with van der Waals surface area (Å²) in [7, 11) is 0. The highest BCUT2D eigenvalue weighted by molar-refractivity contribution is 7.99. The van der Waals surface area contributed by atoms with E-state index < -0.39 is 0 Å². The number of carbonyl (C=O) groups is 1. The average Bonchev–Trinajstić information content (AvgIpc) is 3.06. The lowest BCUT2D eigenvalue weighted by atomic mass is 10.2. The van der Waals surface area contributed by atoms with Gasteiger partial charge in [-0.1, -0.05) is 41.0 Å². The summed E-state index contributed by atoms with van der Waals surface area (Å²) in [5.74, 6) is 0.780. The van der Waals surface area contributed by atoms with Gasteiger partial charge in [-0.25, -0.2) is 0 Å². The highest BCUT2D eigenvalue weighted by Gasteiger charge is 2.15. The molecule has 1 heterocycles. The second-order valence-corrected chi connectivity index (χ2v) is 7.82. The number of nitrogens with one attached hydrogen (secondary N) is 1. The Balaban J connectivity index is 1.72. The van der Waals surface area contributed by atoms with E-state index in [1.165, 1.54) is 11.8 Å². The Kier molecular flexibility index (Phi) is 6.78. The summed E-state index contributed by atoms with van der Waals surface area (Å²) in [6.07, 6.45) is 1.77. The number of aromatic nitrogens is 3. The van der Waals surface area contributed by atoms with Gasteiger partial charge in [0.25, 0.3) is 0 Å². The smallest absolute Gasteiger partial charge is 0.234 e. The Morgan fingerprint density at radius 3 is 2.57 bits per heavy atom. The minimum absolute atomic E-state index is 0.128. The van der Waals surface area contributed by atoms with Crippen molar-refractivity contribution < 1.29 is 4.79 Å². The van der Waals surface area contributed by atoms with Gasteiger partial charge >= 0.3 is 0 Å². The number of hydrogen-bond donors (Lipinski definition) is 1. The average molecular weight is 433 g/mol. The van der Waals surface area contributed by atoms with Crippen molar-refractivity contribution in [1.29, 1.82) is 0 Å². The highest BCUT2D eigenvalue weighted by atomic mass is 35.5.